The molecule has 1 aromatic rings. The Balaban J connectivity index is 2.19. The van der Waals surface area contributed by atoms with Crippen molar-refractivity contribution in [3.63, 3.8) is 0 Å². The average molecular weight is 263 g/mol. The first kappa shape index (κ1) is 13.2. The van der Waals surface area contributed by atoms with Gasteiger partial charge in [0.15, 0.2) is 0 Å². The van der Waals surface area contributed by atoms with Crippen LogP contribution in [0.2, 0.25) is 0 Å². The number of thiol groups is 1. The van der Waals surface area contributed by atoms with Gasteiger partial charge in [-0.2, -0.15) is 0 Å². The number of benzene rings is 1. The van der Waals surface area contributed by atoms with E-state index in [1.807, 2.05) is 13.0 Å². The quantitative estimate of drug-likeness (QED) is 0.381. The van der Waals surface area contributed by atoms with Gasteiger partial charge in [-0.3, -0.25) is 4.90 Å². The molecule has 1 saturated heterocycles. The summed E-state index contributed by atoms with van der Waals surface area (Å²) in [5, 5.41) is 7.05. The van der Waals surface area contributed by atoms with Gasteiger partial charge in [-0.1, -0.05) is 5.11 Å². The third kappa shape index (κ3) is 3.17. The van der Waals surface area contributed by atoms with Gasteiger partial charge < -0.3 is 5.32 Å². The smallest absolute Gasteiger partial charge is 0.0418 e. The van der Waals surface area contributed by atoms with Crippen molar-refractivity contribution >= 4 is 18.3 Å². The van der Waals surface area contributed by atoms with E-state index >= 15 is 0 Å². The van der Waals surface area contributed by atoms with Gasteiger partial charge in [-0.15, -0.1) is 12.6 Å². The molecule has 0 saturated carbocycles. The standard InChI is InChI=1S/C12H17N5S/c1-9-11(15-16-13)6-10(7-12(9)18)8-17-4-2-14-3-5-17/h6-7,14,18H,2-5,8H2,1H3. The van der Waals surface area contributed by atoms with Crippen molar-refractivity contribution in [3.8, 4) is 0 Å². The van der Waals surface area contributed by atoms with Crippen molar-refractivity contribution in [2.24, 2.45) is 5.11 Å². The topological polar surface area (TPSA) is 64.0 Å². The van der Waals surface area contributed by atoms with E-state index in [-0.39, 0.29) is 0 Å². The number of hydrogen-bond acceptors (Lipinski definition) is 4. The first-order chi connectivity index (χ1) is 8.70. The second-order valence-electron chi connectivity index (χ2n) is 4.47. The molecule has 18 heavy (non-hydrogen) atoms. The molecular formula is C12H17N5S. The molecule has 2 rings (SSSR count). The molecule has 1 aliphatic heterocycles. The van der Waals surface area contributed by atoms with Crippen LogP contribution >= 0.6 is 12.6 Å². The molecule has 0 unspecified atom stereocenters. The predicted octanol–water partition coefficient (Wildman–Crippen LogP) is 2.63. The monoisotopic (exact) mass is 263 g/mol. The van der Waals surface area contributed by atoms with E-state index in [1.165, 1.54) is 0 Å². The van der Waals surface area contributed by atoms with Gasteiger partial charge in [-0.25, -0.2) is 0 Å². The van der Waals surface area contributed by atoms with Crippen molar-refractivity contribution in [2.75, 3.05) is 26.2 Å². The fourth-order valence-electron chi connectivity index (χ4n) is 2.11. The van der Waals surface area contributed by atoms with Gasteiger partial charge >= 0.3 is 0 Å². The summed E-state index contributed by atoms with van der Waals surface area (Å²) >= 11 is 4.43. The van der Waals surface area contributed by atoms with Crippen LogP contribution in [0.4, 0.5) is 5.69 Å². The van der Waals surface area contributed by atoms with Gasteiger partial charge in [0.2, 0.25) is 0 Å². The summed E-state index contributed by atoms with van der Waals surface area (Å²) in [5.74, 6) is 0. The molecular weight excluding hydrogens is 246 g/mol. The van der Waals surface area contributed by atoms with Crippen LogP contribution in [0.1, 0.15) is 11.1 Å². The van der Waals surface area contributed by atoms with Crippen molar-refractivity contribution in [2.45, 2.75) is 18.4 Å². The minimum atomic E-state index is 0.676. The number of nitrogens with zero attached hydrogens (tertiary/aromatic N) is 4. The van der Waals surface area contributed by atoms with E-state index in [9.17, 15) is 0 Å². The first-order valence-corrected chi connectivity index (χ1v) is 6.46. The highest BCUT2D eigenvalue weighted by atomic mass is 32.1. The summed E-state index contributed by atoms with van der Waals surface area (Å²) in [6.07, 6.45) is 0. The van der Waals surface area contributed by atoms with Crippen LogP contribution in [-0.4, -0.2) is 31.1 Å². The molecule has 1 fully saturated rings. The fourth-order valence-corrected chi connectivity index (χ4v) is 2.39. The van der Waals surface area contributed by atoms with Crippen LogP contribution in [-0.2, 0) is 6.54 Å². The molecule has 0 amide bonds. The van der Waals surface area contributed by atoms with Crippen LogP contribution in [0, 0.1) is 6.92 Å². The predicted molar refractivity (Wildman–Crippen MR) is 75.4 cm³/mol. The maximum Gasteiger partial charge on any atom is 0.0418 e. The molecule has 0 bridgehead atoms. The molecule has 1 aromatic carbocycles. The molecule has 1 aliphatic rings. The summed E-state index contributed by atoms with van der Waals surface area (Å²) in [6, 6.07) is 4.01. The zero-order valence-electron chi connectivity index (χ0n) is 10.4. The molecule has 0 radical (unpaired) electrons. The lowest BCUT2D eigenvalue weighted by molar-refractivity contribution is 0.233. The summed E-state index contributed by atoms with van der Waals surface area (Å²) in [5.41, 5.74) is 11.3. The summed E-state index contributed by atoms with van der Waals surface area (Å²) < 4.78 is 0. The maximum atomic E-state index is 8.56. The lowest BCUT2D eigenvalue weighted by atomic mass is 10.1. The second kappa shape index (κ2) is 6.11. The highest BCUT2D eigenvalue weighted by Crippen LogP contribution is 2.27. The number of azide groups is 1. The van der Waals surface area contributed by atoms with E-state index in [0.29, 0.717) is 5.69 Å². The zero-order chi connectivity index (χ0) is 13.0. The normalized spacial score (nSPS) is 16.3. The third-order valence-electron chi connectivity index (χ3n) is 3.18. The van der Waals surface area contributed by atoms with E-state index in [0.717, 1.165) is 48.7 Å². The van der Waals surface area contributed by atoms with Crippen LogP contribution in [0.5, 0.6) is 0 Å². The molecule has 1 heterocycles. The average Bonchev–Trinajstić information content (AvgIpc) is 2.37. The lowest BCUT2D eigenvalue weighted by Gasteiger charge is -2.27. The highest BCUT2D eigenvalue weighted by Gasteiger charge is 2.11. The van der Waals surface area contributed by atoms with Crippen LogP contribution < -0.4 is 5.32 Å². The lowest BCUT2D eigenvalue weighted by Crippen LogP contribution is -2.42. The Kier molecular flexibility index (Phi) is 4.49. The van der Waals surface area contributed by atoms with Crippen molar-refractivity contribution in [3.05, 3.63) is 33.7 Å². The molecule has 0 aromatic heterocycles. The molecule has 0 spiro atoms. The van der Waals surface area contributed by atoms with Gasteiger partial charge in [0.05, 0.1) is 0 Å². The van der Waals surface area contributed by atoms with Crippen LogP contribution in [0.3, 0.4) is 0 Å². The molecule has 0 atom stereocenters. The van der Waals surface area contributed by atoms with E-state index < -0.39 is 0 Å². The van der Waals surface area contributed by atoms with Crippen molar-refractivity contribution in [1.29, 1.82) is 0 Å². The Hall–Kier alpha value is -1.20. The Morgan fingerprint density at radius 1 is 1.44 bits per heavy atom. The third-order valence-corrected chi connectivity index (χ3v) is 3.65. The minimum absolute atomic E-state index is 0.676. The fraction of sp³-hybridized carbons (Fsp3) is 0.500. The molecule has 0 aliphatic carbocycles. The van der Waals surface area contributed by atoms with Gasteiger partial charge in [0, 0.05) is 48.2 Å². The maximum absolute atomic E-state index is 8.56. The number of rotatable bonds is 3. The molecule has 1 N–H and O–H groups in total. The molecule has 96 valence electrons. The number of hydrogen-bond donors (Lipinski definition) is 2. The largest absolute Gasteiger partial charge is 0.314 e. The summed E-state index contributed by atoms with van der Waals surface area (Å²) in [7, 11) is 0. The number of nitrogens with one attached hydrogen (secondary N) is 1. The summed E-state index contributed by atoms with van der Waals surface area (Å²) in [4.78, 5) is 6.13. The SMILES string of the molecule is Cc1c(S)cc(CN2CCNCC2)cc1N=[N+]=[N-]. The van der Waals surface area contributed by atoms with Crippen LogP contribution in [0.15, 0.2) is 22.1 Å². The van der Waals surface area contributed by atoms with Gasteiger partial charge in [-0.05, 0) is 35.7 Å². The van der Waals surface area contributed by atoms with E-state index in [1.54, 1.807) is 0 Å². The van der Waals surface area contributed by atoms with Gasteiger partial charge in [0.1, 0.15) is 0 Å². The van der Waals surface area contributed by atoms with Crippen LogP contribution in [0.25, 0.3) is 10.4 Å². The second-order valence-corrected chi connectivity index (χ2v) is 4.96. The first-order valence-electron chi connectivity index (χ1n) is 6.01. The minimum Gasteiger partial charge on any atom is -0.314 e. The van der Waals surface area contributed by atoms with E-state index in [4.69, 9.17) is 5.53 Å². The van der Waals surface area contributed by atoms with Crippen molar-refractivity contribution in [1.82, 2.24) is 10.2 Å². The molecule has 5 nitrogen and oxygen atoms in total. The summed E-state index contributed by atoms with van der Waals surface area (Å²) in [6.45, 7) is 6.95. The Morgan fingerprint density at radius 2 is 2.17 bits per heavy atom. The van der Waals surface area contributed by atoms with E-state index in [2.05, 4.69) is 38.9 Å². The Bertz CT molecular complexity index is 476. The number of piperazine rings is 1. The van der Waals surface area contributed by atoms with Gasteiger partial charge in [0.25, 0.3) is 0 Å². The zero-order valence-corrected chi connectivity index (χ0v) is 11.3. The Morgan fingerprint density at radius 3 is 2.83 bits per heavy atom. The highest BCUT2D eigenvalue weighted by molar-refractivity contribution is 7.80. The van der Waals surface area contributed by atoms with Crippen molar-refractivity contribution < 1.29 is 0 Å². The Labute approximate surface area is 112 Å². The molecule has 6 heteroatoms.